The van der Waals surface area contributed by atoms with E-state index in [4.69, 9.17) is 0 Å². The van der Waals surface area contributed by atoms with Crippen LogP contribution in [0.3, 0.4) is 0 Å². The Bertz CT molecular complexity index is 933. The summed E-state index contributed by atoms with van der Waals surface area (Å²) in [6, 6.07) is 11.3. The lowest BCUT2D eigenvalue weighted by Crippen LogP contribution is -2.46. The summed E-state index contributed by atoms with van der Waals surface area (Å²) >= 11 is 0. The molecule has 1 heterocycles. The number of fused-ring (bicyclic) bond motifs is 1. The van der Waals surface area contributed by atoms with Gasteiger partial charge in [-0.2, -0.15) is 0 Å². The van der Waals surface area contributed by atoms with Gasteiger partial charge in [0.15, 0.2) is 0 Å². The number of rotatable bonds is 8. The van der Waals surface area contributed by atoms with Crippen LogP contribution in [-0.4, -0.2) is 37.6 Å². The van der Waals surface area contributed by atoms with Gasteiger partial charge in [-0.15, -0.1) is 0 Å². The lowest BCUT2D eigenvalue weighted by atomic mass is 10.0. The van der Waals surface area contributed by atoms with Gasteiger partial charge in [0.2, 0.25) is 0 Å². The van der Waals surface area contributed by atoms with E-state index < -0.39 is 0 Å². The second kappa shape index (κ2) is 10.6. The topological polar surface area (TPSA) is 6.48 Å². The number of allylic oxidation sites excluding steroid dienone is 5. The molecule has 0 saturated carbocycles. The van der Waals surface area contributed by atoms with Crippen LogP contribution in [0.4, 0.5) is 10.1 Å². The Morgan fingerprint density at radius 3 is 2.53 bits per heavy atom. The van der Waals surface area contributed by atoms with Gasteiger partial charge in [0.1, 0.15) is 5.82 Å². The molecule has 0 N–H and O–H groups in total. The number of unbranched alkanes of at least 4 members (excludes halogenated alkanes) is 1. The van der Waals surface area contributed by atoms with Crippen LogP contribution in [0.5, 0.6) is 0 Å². The Labute approximate surface area is 181 Å². The highest BCUT2D eigenvalue weighted by Gasteiger charge is 2.18. The van der Waals surface area contributed by atoms with Gasteiger partial charge < -0.3 is 4.90 Å². The van der Waals surface area contributed by atoms with E-state index in [1.165, 1.54) is 24.0 Å². The van der Waals surface area contributed by atoms with Gasteiger partial charge in [-0.3, -0.25) is 4.90 Å². The maximum atomic E-state index is 13.8. The maximum absolute atomic E-state index is 13.8. The van der Waals surface area contributed by atoms with Crippen molar-refractivity contribution in [2.75, 3.05) is 37.6 Å². The third-order valence-electron chi connectivity index (χ3n) is 6.17. The molecule has 160 valence electrons. The highest BCUT2D eigenvalue weighted by molar-refractivity contribution is 5.94. The van der Waals surface area contributed by atoms with Crippen LogP contribution >= 0.6 is 0 Å². The summed E-state index contributed by atoms with van der Waals surface area (Å²) in [5.41, 5.74) is 4.97. The number of halogens is 1. The smallest absolute Gasteiger partial charge is 0.123 e. The molecule has 2 nitrogen and oxygen atoms in total. The third-order valence-corrected chi connectivity index (χ3v) is 6.17. The van der Waals surface area contributed by atoms with E-state index in [1.807, 2.05) is 6.07 Å². The monoisotopic (exact) mass is 406 g/mol. The molecule has 30 heavy (non-hydrogen) atoms. The summed E-state index contributed by atoms with van der Waals surface area (Å²) < 4.78 is 13.8. The number of hydrogen-bond acceptors (Lipinski definition) is 2. The second-order valence-corrected chi connectivity index (χ2v) is 8.40. The van der Waals surface area contributed by atoms with Crippen LogP contribution in [0.1, 0.15) is 40.0 Å². The van der Waals surface area contributed by atoms with Crippen molar-refractivity contribution in [3.63, 3.8) is 0 Å². The molecule has 3 rings (SSSR count). The largest absolute Gasteiger partial charge is 0.368 e. The van der Waals surface area contributed by atoms with Crippen molar-refractivity contribution in [2.45, 2.75) is 40.0 Å². The molecular weight excluding hydrogens is 371 g/mol. The van der Waals surface area contributed by atoms with Gasteiger partial charge in [0.25, 0.3) is 0 Å². The molecule has 2 aromatic carbocycles. The van der Waals surface area contributed by atoms with Crippen LogP contribution in [-0.2, 0) is 0 Å². The first-order valence-electron chi connectivity index (χ1n) is 11.1. The van der Waals surface area contributed by atoms with Gasteiger partial charge in [0.05, 0.1) is 0 Å². The predicted molar refractivity (Wildman–Crippen MR) is 129 cm³/mol. The van der Waals surface area contributed by atoms with E-state index in [-0.39, 0.29) is 5.82 Å². The molecule has 0 spiro atoms. The number of hydrogen-bond donors (Lipinski definition) is 0. The quantitative estimate of drug-likeness (QED) is 0.354. The zero-order valence-corrected chi connectivity index (χ0v) is 18.8. The molecule has 0 atom stereocenters. The second-order valence-electron chi connectivity index (χ2n) is 8.40. The first-order valence-corrected chi connectivity index (χ1v) is 11.1. The van der Waals surface area contributed by atoms with Crippen molar-refractivity contribution >= 4 is 16.5 Å². The van der Waals surface area contributed by atoms with Crippen LogP contribution < -0.4 is 4.90 Å². The lowest BCUT2D eigenvalue weighted by Gasteiger charge is -2.36. The van der Waals surface area contributed by atoms with E-state index in [2.05, 4.69) is 67.5 Å². The molecule has 0 radical (unpaired) electrons. The lowest BCUT2D eigenvalue weighted by molar-refractivity contribution is 0.253. The van der Waals surface area contributed by atoms with Crippen molar-refractivity contribution in [1.82, 2.24) is 4.90 Å². The molecule has 0 unspecified atom stereocenters. The molecular formula is C27H35FN2. The SMILES string of the molecule is C=C(C)/C(C)=C\C(=C/C)CCCCN1CCN(c2cccc3ccc(F)cc23)CC1. The van der Waals surface area contributed by atoms with E-state index in [9.17, 15) is 4.39 Å². The molecule has 1 aliphatic heterocycles. The van der Waals surface area contributed by atoms with Crippen molar-refractivity contribution in [3.05, 3.63) is 77.7 Å². The molecule has 3 heteroatoms. The summed E-state index contributed by atoms with van der Waals surface area (Å²) in [4.78, 5) is 4.97. The Balaban J connectivity index is 1.47. The van der Waals surface area contributed by atoms with Crippen molar-refractivity contribution < 1.29 is 4.39 Å². The summed E-state index contributed by atoms with van der Waals surface area (Å²) in [6.45, 7) is 15.6. The van der Waals surface area contributed by atoms with Crippen LogP contribution in [0.25, 0.3) is 10.8 Å². The minimum atomic E-state index is -0.164. The first-order chi connectivity index (χ1) is 14.5. The molecule has 2 aromatic rings. The average molecular weight is 407 g/mol. The van der Waals surface area contributed by atoms with Crippen molar-refractivity contribution in [2.24, 2.45) is 0 Å². The maximum Gasteiger partial charge on any atom is 0.123 e. The highest BCUT2D eigenvalue weighted by atomic mass is 19.1. The van der Waals surface area contributed by atoms with Gasteiger partial charge in [-0.25, -0.2) is 4.39 Å². The Kier molecular flexibility index (Phi) is 7.87. The molecule has 0 bridgehead atoms. The summed E-state index contributed by atoms with van der Waals surface area (Å²) in [6.07, 6.45) is 8.05. The fourth-order valence-corrected chi connectivity index (χ4v) is 4.08. The van der Waals surface area contributed by atoms with E-state index in [1.54, 1.807) is 12.1 Å². The summed E-state index contributed by atoms with van der Waals surface area (Å²) in [5, 5.41) is 2.12. The van der Waals surface area contributed by atoms with E-state index >= 15 is 0 Å². The Morgan fingerprint density at radius 1 is 1.07 bits per heavy atom. The first kappa shape index (κ1) is 22.3. The molecule has 1 aliphatic rings. The fraction of sp³-hybridized carbons (Fsp3) is 0.407. The molecule has 0 amide bonds. The predicted octanol–water partition coefficient (Wildman–Crippen LogP) is 6.74. The highest BCUT2D eigenvalue weighted by Crippen LogP contribution is 2.28. The number of anilines is 1. The minimum Gasteiger partial charge on any atom is -0.368 e. The normalized spacial score (nSPS) is 16.3. The number of benzene rings is 2. The minimum absolute atomic E-state index is 0.164. The molecule has 0 aromatic heterocycles. The molecule has 1 fully saturated rings. The fourth-order valence-electron chi connectivity index (χ4n) is 4.08. The molecule has 1 saturated heterocycles. The summed E-state index contributed by atoms with van der Waals surface area (Å²) in [7, 11) is 0. The molecule has 0 aliphatic carbocycles. The van der Waals surface area contributed by atoms with Gasteiger partial charge in [-0.05, 0) is 75.7 Å². The zero-order chi connectivity index (χ0) is 21.5. The standard InChI is InChI=1S/C27H35FN2/c1-5-23(19-22(4)21(2)3)9-6-7-14-29-15-17-30(18-16-29)27-11-8-10-24-12-13-25(28)20-26(24)27/h5,8,10-13,19-20H,2,6-7,9,14-18H2,1,3-4H3/b22-19-,23-5-. The average Bonchev–Trinajstić information content (AvgIpc) is 2.75. The van der Waals surface area contributed by atoms with Gasteiger partial charge in [0, 0.05) is 37.3 Å². The van der Waals surface area contributed by atoms with E-state index in [0.29, 0.717) is 0 Å². The van der Waals surface area contributed by atoms with Crippen LogP contribution in [0.15, 0.2) is 71.8 Å². The van der Waals surface area contributed by atoms with E-state index in [0.717, 1.165) is 61.2 Å². The van der Waals surface area contributed by atoms with Gasteiger partial charge >= 0.3 is 0 Å². The summed E-state index contributed by atoms with van der Waals surface area (Å²) in [5.74, 6) is -0.164. The third kappa shape index (κ3) is 5.82. The Morgan fingerprint density at radius 2 is 1.83 bits per heavy atom. The van der Waals surface area contributed by atoms with Crippen LogP contribution in [0.2, 0.25) is 0 Å². The zero-order valence-electron chi connectivity index (χ0n) is 18.8. The number of nitrogens with zero attached hydrogens (tertiary/aromatic N) is 2. The van der Waals surface area contributed by atoms with Crippen molar-refractivity contribution in [3.8, 4) is 0 Å². The van der Waals surface area contributed by atoms with Gasteiger partial charge in [-0.1, -0.05) is 48.1 Å². The van der Waals surface area contributed by atoms with Crippen LogP contribution in [0, 0.1) is 5.82 Å². The Hall–Kier alpha value is -2.39. The number of piperazine rings is 1. The van der Waals surface area contributed by atoms with Crippen molar-refractivity contribution in [1.29, 1.82) is 0 Å².